The quantitative estimate of drug-likeness (QED) is 0.128. The zero-order chi connectivity index (χ0) is 27.8. The Kier molecular flexibility index (Phi) is 7.27. The van der Waals surface area contributed by atoms with Crippen LogP contribution in [0.3, 0.4) is 0 Å². The van der Waals surface area contributed by atoms with Gasteiger partial charge in [-0.15, -0.1) is 28.2 Å². The predicted molar refractivity (Wildman–Crippen MR) is 132 cm³/mol. The Morgan fingerprint density at radius 2 is 2.13 bits per heavy atom. The molecule has 202 valence electrons. The summed E-state index contributed by atoms with van der Waals surface area (Å²) in [6, 6.07) is -1.04. The minimum Gasteiger partial charge on any atom is -0.478 e. The number of carboxylic acids is 1. The number of fused-ring (bicyclic) bond motifs is 1. The highest BCUT2D eigenvalue weighted by molar-refractivity contribution is 8.00. The Hall–Kier alpha value is -4.19. The lowest BCUT2D eigenvalue weighted by molar-refractivity contribution is -0.161. The van der Waals surface area contributed by atoms with Crippen molar-refractivity contribution >= 4 is 63.4 Å². The maximum absolute atomic E-state index is 13.2. The second-order valence-corrected chi connectivity index (χ2v) is 10.4. The highest BCUT2D eigenvalue weighted by Crippen LogP contribution is 2.43. The Labute approximate surface area is 221 Å². The van der Waals surface area contributed by atoms with Gasteiger partial charge in [0.1, 0.15) is 29.4 Å². The summed E-state index contributed by atoms with van der Waals surface area (Å²) in [6.07, 6.45) is 0. The van der Waals surface area contributed by atoms with E-state index < -0.39 is 46.5 Å². The van der Waals surface area contributed by atoms with Gasteiger partial charge in [-0.1, -0.05) is 5.16 Å². The summed E-state index contributed by atoms with van der Waals surface area (Å²) in [5.41, 5.74) is 4.16. The number of aromatic amines is 1. The number of oxime groups is 1. The third kappa shape index (κ3) is 5.25. The molecule has 1 saturated heterocycles. The molecular formula is C20H21N7O9S2. The summed E-state index contributed by atoms with van der Waals surface area (Å²) in [5, 5.41) is 22.4. The lowest BCUT2D eigenvalue weighted by atomic mass is 10.0. The number of anilines is 1. The van der Waals surface area contributed by atoms with Gasteiger partial charge < -0.3 is 30.1 Å². The van der Waals surface area contributed by atoms with E-state index in [1.807, 2.05) is 0 Å². The molecular weight excluding hydrogens is 546 g/mol. The molecule has 0 saturated carbocycles. The second kappa shape index (κ2) is 10.3. The van der Waals surface area contributed by atoms with E-state index >= 15 is 0 Å². The molecule has 0 aliphatic carbocycles. The molecule has 16 nitrogen and oxygen atoms in total. The van der Waals surface area contributed by atoms with Crippen LogP contribution in [-0.2, 0) is 28.8 Å². The summed E-state index contributed by atoms with van der Waals surface area (Å²) in [6.45, 7) is 3.54. The number of nitrogens with two attached hydrogens (primary N) is 1. The van der Waals surface area contributed by atoms with Crippen molar-refractivity contribution in [2.75, 3.05) is 18.1 Å². The number of aromatic nitrogens is 3. The zero-order valence-corrected chi connectivity index (χ0v) is 21.7. The van der Waals surface area contributed by atoms with Crippen LogP contribution in [-0.4, -0.2) is 84.0 Å². The molecule has 0 aromatic carbocycles. The molecule has 0 bridgehead atoms. The average molecular weight is 568 g/mol. The van der Waals surface area contributed by atoms with E-state index in [2.05, 4.69) is 25.7 Å². The van der Waals surface area contributed by atoms with Crippen LogP contribution in [0.2, 0.25) is 0 Å². The van der Waals surface area contributed by atoms with Gasteiger partial charge in [-0.25, -0.2) is 19.7 Å². The van der Waals surface area contributed by atoms with Crippen LogP contribution in [0.4, 0.5) is 5.13 Å². The van der Waals surface area contributed by atoms with Gasteiger partial charge in [-0.2, -0.15) is 0 Å². The Morgan fingerprint density at radius 1 is 1.39 bits per heavy atom. The number of hydrogen-bond acceptors (Lipinski definition) is 14. The van der Waals surface area contributed by atoms with Crippen LogP contribution in [0.25, 0.3) is 5.70 Å². The van der Waals surface area contributed by atoms with Crippen LogP contribution in [0.1, 0.15) is 32.4 Å². The van der Waals surface area contributed by atoms with Gasteiger partial charge in [0.05, 0.1) is 0 Å². The number of carbonyl (C=O) groups excluding carboxylic acids is 3. The zero-order valence-electron chi connectivity index (χ0n) is 20.0. The Morgan fingerprint density at radius 3 is 2.71 bits per heavy atom. The number of β-lactam (4-membered cyclic amide) rings is 1. The number of carbonyl (C=O) groups is 4. The molecule has 2 aliphatic rings. The molecule has 2 atom stereocenters. The smallest absolute Gasteiger partial charge is 0.434 e. The standard InChI is InChI=1S/C20H21N7O9S2/c1-7(28)34-4-8-5-37-16-11(15(30)27(16)12(8)14-24-25-19(33)35-14)23-13(29)10(9-6-38-18(21)22-9)26-36-20(2,3)17(31)32/h6,11,16H,4-5H2,1-3H3,(H2,21,22)(H,23,29)(H,25,33)(H,31,32)/b26-10-. The lowest BCUT2D eigenvalue weighted by Gasteiger charge is -2.49. The first-order valence-corrected chi connectivity index (χ1v) is 12.7. The van der Waals surface area contributed by atoms with E-state index in [0.29, 0.717) is 5.57 Å². The van der Waals surface area contributed by atoms with Crippen molar-refractivity contribution in [2.24, 2.45) is 5.16 Å². The van der Waals surface area contributed by atoms with Crippen LogP contribution < -0.4 is 16.8 Å². The fourth-order valence-electron chi connectivity index (χ4n) is 3.32. The van der Waals surface area contributed by atoms with E-state index in [1.54, 1.807) is 0 Å². The molecule has 2 aromatic rings. The van der Waals surface area contributed by atoms with Crippen molar-refractivity contribution in [3.63, 3.8) is 0 Å². The topological polar surface area (TPSA) is 232 Å². The molecule has 4 heterocycles. The number of H-pyrrole nitrogens is 1. The second-order valence-electron chi connectivity index (χ2n) is 8.43. The molecule has 4 rings (SSSR count). The van der Waals surface area contributed by atoms with E-state index in [9.17, 15) is 29.1 Å². The number of amides is 2. The van der Waals surface area contributed by atoms with Crippen molar-refractivity contribution in [1.82, 2.24) is 25.4 Å². The number of ether oxygens (including phenoxy) is 1. The minimum absolute atomic E-state index is 0.0219. The van der Waals surface area contributed by atoms with Crippen molar-refractivity contribution in [1.29, 1.82) is 0 Å². The first kappa shape index (κ1) is 26.9. The van der Waals surface area contributed by atoms with Crippen LogP contribution in [0, 0.1) is 0 Å². The van der Waals surface area contributed by atoms with Crippen molar-refractivity contribution < 1.29 is 38.3 Å². The number of hydrogen-bond donors (Lipinski definition) is 4. The molecule has 38 heavy (non-hydrogen) atoms. The molecule has 18 heteroatoms. The first-order valence-electron chi connectivity index (χ1n) is 10.8. The Balaban J connectivity index is 1.59. The van der Waals surface area contributed by atoms with Crippen molar-refractivity contribution in [2.45, 2.75) is 37.8 Å². The van der Waals surface area contributed by atoms with E-state index in [4.69, 9.17) is 19.7 Å². The highest BCUT2D eigenvalue weighted by Gasteiger charge is 2.54. The maximum atomic E-state index is 13.2. The molecule has 5 N–H and O–H groups in total. The normalized spacial score (nSPS) is 19.5. The van der Waals surface area contributed by atoms with Gasteiger partial charge in [-0.3, -0.25) is 19.3 Å². The van der Waals surface area contributed by atoms with Crippen LogP contribution in [0.5, 0.6) is 0 Å². The van der Waals surface area contributed by atoms with Gasteiger partial charge in [0.25, 0.3) is 17.7 Å². The molecule has 1 fully saturated rings. The number of esters is 1. The number of nitrogen functional groups attached to an aromatic ring is 1. The van der Waals surface area contributed by atoms with Gasteiger partial charge in [-0.05, 0) is 13.8 Å². The van der Waals surface area contributed by atoms with E-state index in [-0.39, 0.29) is 40.5 Å². The third-order valence-electron chi connectivity index (χ3n) is 5.28. The minimum atomic E-state index is -1.76. The number of nitrogens with zero attached hydrogens (tertiary/aromatic N) is 4. The molecule has 0 spiro atoms. The van der Waals surface area contributed by atoms with Crippen LogP contribution >= 0.6 is 23.1 Å². The van der Waals surface area contributed by atoms with Crippen molar-refractivity contribution in [3.8, 4) is 0 Å². The molecule has 2 aliphatic heterocycles. The highest BCUT2D eigenvalue weighted by atomic mass is 32.2. The fourth-order valence-corrected chi connectivity index (χ4v) is 5.20. The number of rotatable bonds is 9. The number of thiazole rings is 1. The van der Waals surface area contributed by atoms with Crippen LogP contribution in [0.15, 0.2) is 25.3 Å². The third-order valence-corrected chi connectivity index (χ3v) is 7.30. The fraction of sp³-hybridized carbons (Fsp3) is 0.400. The first-order chi connectivity index (χ1) is 17.9. The predicted octanol–water partition coefficient (Wildman–Crippen LogP) is -0.640. The van der Waals surface area contributed by atoms with Crippen molar-refractivity contribution in [3.05, 3.63) is 33.1 Å². The van der Waals surface area contributed by atoms with Gasteiger partial charge in [0.2, 0.25) is 5.60 Å². The molecule has 2 amide bonds. The monoisotopic (exact) mass is 567 g/mol. The number of nitrogens with one attached hydrogen (secondary N) is 2. The van der Waals surface area contributed by atoms with Gasteiger partial charge >= 0.3 is 17.7 Å². The maximum Gasteiger partial charge on any atom is 0.434 e. The number of carboxylic acid groups (broad SMARTS) is 1. The van der Waals surface area contributed by atoms with Gasteiger partial charge in [0.15, 0.2) is 10.8 Å². The average Bonchev–Trinajstić information content (AvgIpc) is 3.48. The lowest BCUT2D eigenvalue weighted by Crippen LogP contribution is -2.70. The summed E-state index contributed by atoms with van der Waals surface area (Å²) in [5.74, 6) is -4.06. The van der Waals surface area contributed by atoms with E-state index in [1.165, 1.54) is 42.8 Å². The largest absolute Gasteiger partial charge is 0.478 e. The number of thioether (sulfide) groups is 1. The SMILES string of the molecule is CC(=O)OCC1=C(c2n[nH]c(=O)o2)N2C(=O)C(NC(=O)/C(=N\OC(C)(C)C(=O)O)c3csc(N)n3)C2SC1. The molecule has 2 aromatic heterocycles. The summed E-state index contributed by atoms with van der Waals surface area (Å²) >= 11 is 2.29. The Bertz CT molecular complexity index is 1420. The van der Waals surface area contributed by atoms with Gasteiger partial charge in [0, 0.05) is 23.6 Å². The molecule has 2 unspecified atom stereocenters. The molecule has 0 radical (unpaired) electrons. The summed E-state index contributed by atoms with van der Waals surface area (Å²) in [4.78, 5) is 71.0. The van der Waals surface area contributed by atoms with E-state index in [0.717, 1.165) is 11.3 Å². The summed E-state index contributed by atoms with van der Waals surface area (Å²) in [7, 11) is 0. The summed E-state index contributed by atoms with van der Waals surface area (Å²) < 4.78 is 10.1. The number of aliphatic carboxylic acids is 1.